The summed E-state index contributed by atoms with van der Waals surface area (Å²) >= 11 is 3.63. The van der Waals surface area contributed by atoms with Crippen molar-refractivity contribution < 1.29 is 0 Å². The summed E-state index contributed by atoms with van der Waals surface area (Å²) in [6.45, 7) is 3.31. The minimum atomic E-state index is 0.780. The number of hydrogen-bond acceptors (Lipinski definition) is 2. The topological polar surface area (TPSA) is 21.1 Å². The highest BCUT2D eigenvalue weighted by atomic mass is 79.9. The fraction of sp³-hybridized carbons (Fsp3) is 0.727. The molecule has 0 atom stereocenters. The van der Waals surface area contributed by atoms with Gasteiger partial charge in [-0.15, -0.1) is 0 Å². The van der Waals surface area contributed by atoms with Gasteiger partial charge in [0.1, 0.15) is 0 Å². The van der Waals surface area contributed by atoms with Gasteiger partial charge >= 0.3 is 0 Å². The Hall–Kier alpha value is -0.350. The van der Waals surface area contributed by atoms with Gasteiger partial charge in [-0.25, -0.2) is 0 Å². The van der Waals surface area contributed by atoms with E-state index in [0.717, 1.165) is 23.8 Å². The molecule has 0 amide bonds. The molecule has 0 spiro atoms. The van der Waals surface area contributed by atoms with Crippen LogP contribution in [0.1, 0.15) is 12.8 Å². The molecule has 0 unspecified atom stereocenters. The minimum absolute atomic E-state index is 0.780. The summed E-state index contributed by atoms with van der Waals surface area (Å²) in [5.41, 5.74) is 0. The number of rotatable bonds is 5. The van der Waals surface area contributed by atoms with Gasteiger partial charge in [-0.2, -0.15) is 5.10 Å². The summed E-state index contributed by atoms with van der Waals surface area (Å²) in [7, 11) is 2.20. The van der Waals surface area contributed by atoms with Gasteiger partial charge in [-0.1, -0.05) is 15.9 Å². The van der Waals surface area contributed by atoms with E-state index < -0.39 is 0 Å². The largest absolute Gasteiger partial charge is 0.304 e. The lowest BCUT2D eigenvalue weighted by Crippen LogP contribution is -2.36. The zero-order chi connectivity index (χ0) is 10.7. The molecule has 3 nitrogen and oxygen atoms in total. The van der Waals surface area contributed by atoms with Crippen LogP contribution in [0.4, 0.5) is 0 Å². The summed E-state index contributed by atoms with van der Waals surface area (Å²) in [4.78, 5) is 3.19. The molecule has 1 heterocycles. The number of hydrogen-bond donors (Lipinski definition) is 0. The number of likely N-dealkylation sites (N-methyl/N-ethyl adjacent to an activating group) is 1. The van der Waals surface area contributed by atoms with E-state index in [1.54, 1.807) is 0 Å². The highest BCUT2D eigenvalue weighted by Crippen LogP contribution is 2.33. The summed E-state index contributed by atoms with van der Waals surface area (Å²) in [6.07, 6.45) is 6.53. The Balaban J connectivity index is 1.62. The third-order valence-corrected chi connectivity index (χ3v) is 3.77. The Morgan fingerprint density at radius 3 is 2.93 bits per heavy atom. The van der Waals surface area contributed by atoms with Crippen molar-refractivity contribution in [1.82, 2.24) is 14.7 Å². The van der Waals surface area contributed by atoms with Crippen LogP contribution >= 0.6 is 15.9 Å². The van der Waals surface area contributed by atoms with Crippen molar-refractivity contribution in [2.75, 3.05) is 20.1 Å². The standard InChI is InChI=1S/C11H18BrN3/c1-14(9-10-7-11(12)8-10)5-6-15-4-2-3-13-15/h2-4,10-11H,5-9H2,1H3. The van der Waals surface area contributed by atoms with Crippen LogP contribution in [-0.4, -0.2) is 39.6 Å². The van der Waals surface area contributed by atoms with Crippen molar-refractivity contribution in [1.29, 1.82) is 0 Å². The number of alkyl halides is 1. The average molecular weight is 272 g/mol. The normalized spacial score (nSPS) is 25.5. The molecule has 0 bridgehead atoms. The molecule has 0 saturated heterocycles. The average Bonchev–Trinajstić information content (AvgIpc) is 2.65. The van der Waals surface area contributed by atoms with E-state index in [9.17, 15) is 0 Å². The highest BCUT2D eigenvalue weighted by molar-refractivity contribution is 9.09. The molecule has 1 aromatic heterocycles. The summed E-state index contributed by atoms with van der Waals surface area (Å²) in [5.74, 6) is 0.900. The van der Waals surface area contributed by atoms with Crippen molar-refractivity contribution in [2.24, 2.45) is 5.92 Å². The molecular formula is C11H18BrN3. The van der Waals surface area contributed by atoms with Crippen molar-refractivity contribution in [3.63, 3.8) is 0 Å². The zero-order valence-electron chi connectivity index (χ0n) is 9.14. The second kappa shape index (κ2) is 5.12. The van der Waals surface area contributed by atoms with E-state index >= 15 is 0 Å². The van der Waals surface area contributed by atoms with E-state index in [4.69, 9.17) is 0 Å². The van der Waals surface area contributed by atoms with Crippen LogP contribution in [-0.2, 0) is 6.54 Å². The number of halogens is 1. The third kappa shape index (κ3) is 3.31. The first-order valence-corrected chi connectivity index (χ1v) is 6.45. The second-order valence-corrected chi connectivity index (χ2v) is 5.76. The number of nitrogens with zero attached hydrogens (tertiary/aromatic N) is 3. The maximum absolute atomic E-state index is 4.20. The number of aromatic nitrogens is 2. The van der Waals surface area contributed by atoms with Crippen LogP contribution in [0, 0.1) is 5.92 Å². The fourth-order valence-electron chi connectivity index (χ4n) is 2.04. The van der Waals surface area contributed by atoms with Crippen molar-refractivity contribution >= 4 is 15.9 Å². The molecule has 4 heteroatoms. The molecular weight excluding hydrogens is 254 g/mol. The van der Waals surface area contributed by atoms with Crippen LogP contribution in [0.15, 0.2) is 18.5 Å². The van der Waals surface area contributed by atoms with Crippen LogP contribution in [0.5, 0.6) is 0 Å². The Morgan fingerprint density at radius 1 is 1.53 bits per heavy atom. The maximum atomic E-state index is 4.20. The smallest absolute Gasteiger partial charge is 0.0536 e. The van der Waals surface area contributed by atoms with Gasteiger partial charge in [-0.3, -0.25) is 4.68 Å². The van der Waals surface area contributed by atoms with Gasteiger partial charge in [0, 0.05) is 30.3 Å². The highest BCUT2D eigenvalue weighted by Gasteiger charge is 2.27. The van der Waals surface area contributed by atoms with E-state index in [-0.39, 0.29) is 0 Å². The van der Waals surface area contributed by atoms with Gasteiger partial charge < -0.3 is 4.90 Å². The maximum Gasteiger partial charge on any atom is 0.0536 e. The molecule has 0 radical (unpaired) electrons. The first kappa shape index (κ1) is 11.1. The van der Waals surface area contributed by atoms with Crippen LogP contribution in [0.2, 0.25) is 0 Å². The molecule has 1 saturated carbocycles. The molecule has 1 aliphatic rings. The quantitative estimate of drug-likeness (QED) is 0.764. The van der Waals surface area contributed by atoms with E-state index in [2.05, 4.69) is 33.0 Å². The lowest BCUT2D eigenvalue weighted by Gasteiger charge is -2.34. The van der Waals surface area contributed by atoms with Gasteiger partial charge in [-0.05, 0) is 31.9 Å². The Morgan fingerprint density at radius 2 is 2.33 bits per heavy atom. The van der Waals surface area contributed by atoms with Gasteiger partial charge in [0.25, 0.3) is 0 Å². The molecule has 0 aliphatic heterocycles. The van der Waals surface area contributed by atoms with Crippen molar-refractivity contribution in [3.8, 4) is 0 Å². The molecule has 0 N–H and O–H groups in total. The fourth-order valence-corrected chi connectivity index (χ4v) is 3.10. The molecule has 0 aromatic carbocycles. The zero-order valence-corrected chi connectivity index (χ0v) is 10.7. The van der Waals surface area contributed by atoms with Crippen LogP contribution < -0.4 is 0 Å². The van der Waals surface area contributed by atoms with E-state index in [1.807, 2.05) is 23.1 Å². The SMILES string of the molecule is CN(CCn1cccn1)CC1CC(Br)C1. The second-order valence-electron chi connectivity index (χ2n) is 4.47. The lowest BCUT2D eigenvalue weighted by atomic mass is 9.85. The van der Waals surface area contributed by atoms with E-state index in [1.165, 1.54) is 19.4 Å². The predicted molar refractivity (Wildman–Crippen MR) is 65.2 cm³/mol. The molecule has 1 aromatic rings. The molecule has 2 rings (SSSR count). The van der Waals surface area contributed by atoms with Gasteiger partial charge in [0.15, 0.2) is 0 Å². The minimum Gasteiger partial charge on any atom is -0.304 e. The molecule has 1 aliphatic carbocycles. The molecule has 15 heavy (non-hydrogen) atoms. The molecule has 1 fully saturated rings. The monoisotopic (exact) mass is 271 g/mol. The summed E-state index contributed by atoms with van der Waals surface area (Å²) in [6, 6.07) is 1.97. The lowest BCUT2D eigenvalue weighted by molar-refractivity contribution is 0.206. The Labute approximate surface area is 99.6 Å². The summed E-state index contributed by atoms with van der Waals surface area (Å²) < 4.78 is 1.99. The first-order chi connectivity index (χ1) is 7.24. The molecule has 84 valence electrons. The van der Waals surface area contributed by atoms with Crippen LogP contribution in [0.3, 0.4) is 0 Å². The van der Waals surface area contributed by atoms with Crippen molar-refractivity contribution in [2.45, 2.75) is 24.2 Å². The Bertz CT molecular complexity index is 280. The van der Waals surface area contributed by atoms with Gasteiger partial charge in [0.05, 0.1) is 6.54 Å². The summed E-state index contributed by atoms with van der Waals surface area (Å²) in [5, 5.41) is 4.20. The van der Waals surface area contributed by atoms with E-state index in [0.29, 0.717) is 0 Å². The van der Waals surface area contributed by atoms with Crippen molar-refractivity contribution in [3.05, 3.63) is 18.5 Å². The Kier molecular flexibility index (Phi) is 3.81. The predicted octanol–water partition coefficient (Wildman–Crippen LogP) is 1.99. The van der Waals surface area contributed by atoms with Crippen LogP contribution in [0.25, 0.3) is 0 Å². The van der Waals surface area contributed by atoms with Gasteiger partial charge in [0.2, 0.25) is 0 Å². The third-order valence-electron chi connectivity index (χ3n) is 3.02. The first-order valence-electron chi connectivity index (χ1n) is 5.54.